The predicted octanol–water partition coefficient (Wildman–Crippen LogP) is 2.70. The Hall–Kier alpha value is -4.48. The molecule has 2 fully saturated rings. The molecule has 2 atom stereocenters. The lowest BCUT2D eigenvalue weighted by molar-refractivity contribution is -0.0299. The summed E-state index contributed by atoms with van der Waals surface area (Å²) in [6.45, 7) is 2.28. The number of pyridine rings is 2. The first-order valence-electron chi connectivity index (χ1n) is 12.0. The number of benzene rings is 1. The van der Waals surface area contributed by atoms with Crippen molar-refractivity contribution in [2.24, 2.45) is 0 Å². The Morgan fingerprint density at radius 1 is 1.11 bits per heavy atom. The van der Waals surface area contributed by atoms with Crippen LogP contribution in [0, 0.1) is 0 Å². The van der Waals surface area contributed by atoms with Crippen molar-refractivity contribution < 1.29 is 33.3 Å². The molecule has 37 heavy (non-hydrogen) atoms. The molecule has 0 radical (unpaired) electrons. The van der Waals surface area contributed by atoms with Crippen molar-refractivity contribution in [1.29, 1.82) is 0 Å². The van der Waals surface area contributed by atoms with Gasteiger partial charge in [0.25, 0.3) is 6.29 Å². The zero-order valence-corrected chi connectivity index (χ0v) is 20.1. The standard InChI is InChI=1S/C25H25N5O7/c1-33-21-5-3-17-23(28-21)18(6-8-26-17)29-9-7-15(13-29)27-24(31)36-22-14-30(25(32)37-22)16-2-4-19-20(12-16)35-11-10-34-19/h2-6,8,12,15,22H,7,9-11,13-14H2,1H3,(H,27,31)/t15-,22+/m1/s1. The van der Waals surface area contributed by atoms with Gasteiger partial charge >= 0.3 is 12.2 Å². The van der Waals surface area contributed by atoms with Crippen LogP contribution in [0.4, 0.5) is 21.0 Å². The molecule has 2 saturated heterocycles. The number of hydrogen-bond acceptors (Lipinski definition) is 10. The van der Waals surface area contributed by atoms with Gasteiger partial charge in [0, 0.05) is 31.4 Å². The van der Waals surface area contributed by atoms with E-state index in [-0.39, 0.29) is 12.6 Å². The van der Waals surface area contributed by atoms with Crippen molar-refractivity contribution in [1.82, 2.24) is 15.3 Å². The molecular weight excluding hydrogens is 482 g/mol. The number of hydrogen-bond donors (Lipinski definition) is 1. The number of aromatic nitrogens is 2. The zero-order valence-electron chi connectivity index (χ0n) is 20.1. The largest absolute Gasteiger partial charge is 0.486 e. The van der Waals surface area contributed by atoms with Gasteiger partial charge in [-0.2, -0.15) is 0 Å². The average Bonchev–Trinajstić information content (AvgIpc) is 3.53. The fourth-order valence-electron chi connectivity index (χ4n) is 4.69. The Morgan fingerprint density at radius 3 is 2.84 bits per heavy atom. The molecule has 2 amide bonds. The lowest BCUT2D eigenvalue weighted by atomic mass is 10.2. The van der Waals surface area contributed by atoms with Gasteiger partial charge in [0.05, 0.1) is 30.0 Å². The van der Waals surface area contributed by atoms with Crippen LogP contribution >= 0.6 is 0 Å². The van der Waals surface area contributed by atoms with Gasteiger partial charge < -0.3 is 33.9 Å². The van der Waals surface area contributed by atoms with Crippen molar-refractivity contribution >= 4 is 34.6 Å². The number of ether oxygens (including phenoxy) is 5. The summed E-state index contributed by atoms with van der Waals surface area (Å²) in [5.41, 5.74) is 2.99. The molecule has 0 bridgehead atoms. The van der Waals surface area contributed by atoms with Gasteiger partial charge in [0.2, 0.25) is 5.88 Å². The van der Waals surface area contributed by atoms with E-state index in [1.165, 1.54) is 4.90 Å². The molecule has 12 nitrogen and oxygen atoms in total. The van der Waals surface area contributed by atoms with Gasteiger partial charge in [-0.1, -0.05) is 0 Å². The van der Waals surface area contributed by atoms with Crippen LogP contribution in [0.5, 0.6) is 17.4 Å². The van der Waals surface area contributed by atoms with Crippen molar-refractivity contribution in [3.05, 3.63) is 42.6 Å². The van der Waals surface area contributed by atoms with Crippen LogP contribution in [0.25, 0.3) is 11.0 Å². The third-order valence-electron chi connectivity index (χ3n) is 6.46. The van der Waals surface area contributed by atoms with Gasteiger partial charge in [0.15, 0.2) is 11.5 Å². The summed E-state index contributed by atoms with van der Waals surface area (Å²) in [7, 11) is 1.57. The molecule has 5 heterocycles. The van der Waals surface area contributed by atoms with E-state index in [1.807, 2.05) is 12.1 Å². The van der Waals surface area contributed by atoms with Crippen molar-refractivity contribution in [2.75, 3.05) is 49.8 Å². The lowest BCUT2D eigenvalue weighted by Crippen LogP contribution is -2.39. The number of cyclic esters (lactones) is 1. The molecule has 3 aromatic rings. The maximum Gasteiger partial charge on any atom is 0.417 e. The summed E-state index contributed by atoms with van der Waals surface area (Å²) in [4.78, 5) is 37.5. The Balaban J connectivity index is 1.06. The zero-order chi connectivity index (χ0) is 25.4. The SMILES string of the molecule is COc1ccc2nccc(N3CC[C@@H](NC(=O)O[C@@H]4CN(c5ccc6c(c5)OCCO6)C(=O)O4)C3)c2n1. The second-order valence-corrected chi connectivity index (χ2v) is 8.78. The molecule has 1 N–H and O–H groups in total. The van der Waals surface area contributed by atoms with E-state index < -0.39 is 18.5 Å². The molecule has 3 aliphatic rings. The molecule has 2 aromatic heterocycles. The number of carbonyl (C=O) groups excluding carboxylic acids is 2. The monoisotopic (exact) mass is 507 g/mol. The second-order valence-electron chi connectivity index (χ2n) is 8.78. The highest BCUT2D eigenvalue weighted by molar-refractivity contribution is 5.90. The molecule has 1 aromatic carbocycles. The molecule has 0 saturated carbocycles. The van der Waals surface area contributed by atoms with Gasteiger partial charge in [-0.25, -0.2) is 14.6 Å². The van der Waals surface area contributed by atoms with Crippen LogP contribution in [0.15, 0.2) is 42.6 Å². The van der Waals surface area contributed by atoms with Crippen LogP contribution in [-0.4, -0.2) is 74.4 Å². The number of nitrogens with one attached hydrogen (secondary N) is 1. The van der Waals surface area contributed by atoms with Crippen molar-refractivity contribution in [3.63, 3.8) is 0 Å². The molecule has 0 unspecified atom stereocenters. The highest BCUT2D eigenvalue weighted by atomic mass is 16.7. The number of rotatable bonds is 5. The molecule has 0 spiro atoms. The van der Waals surface area contributed by atoms with Crippen molar-refractivity contribution in [2.45, 2.75) is 18.8 Å². The quantitative estimate of drug-likeness (QED) is 0.551. The predicted molar refractivity (Wildman–Crippen MR) is 131 cm³/mol. The summed E-state index contributed by atoms with van der Waals surface area (Å²) in [6, 6.07) is 10.6. The maximum atomic E-state index is 12.6. The molecule has 192 valence electrons. The van der Waals surface area contributed by atoms with Crippen LogP contribution < -0.4 is 29.3 Å². The van der Waals surface area contributed by atoms with Gasteiger partial charge in [-0.3, -0.25) is 9.88 Å². The van der Waals surface area contributed by atoms with Gasteiger partial charge in [-0.15, -0.1) is 0 Å². The molecule has 6 rings (SSSR count). The van der Waals surface area contributed by atoms with E-state index >= 15 is 0 Å². The number of fused-ring (bicyclic) bond motifs is 2. The minimum atomic E-state index is -1.03. The fraction of sp³-hybridized carbons (Fsp3) is 0.360. The number of nitrogens with zero attached hydrogens (tertiary/aromatic N) is 4. The normalized spacial score (nSPS) is 20.6. The summed E-state index contributed by atoms with van der Waals surface area (Å²) in [5.74, 6) is 1.69. The third-order valence-corrected chi connectivity index (χ3v) is 6.46. The van der Waals surface area contributed by atoms with Crippen molar-refractivity contribution in [3.8, 4) is 17.4 Å². The first-order valence-corrected chi connectivity index (χ1v) is 12.0. The first-order chi connectivity index (χ1) is 18.1. The minimum Gasteiger partial charge on any atom is -0.486 e. The minimum absolute atomic E-state index is 0.0686. The Labute approximate surface area is 212 Å². The number of carbonyl (C=O) groups is 2. The van der Waals surface area contributed by atoms with E-state index in [1.54, 1.807) is 37.6 Å². The number of alkyl carbamates (subject to hydrolysis) is 1. The summed E-state index contributed by atoms with van der Waals surface area (Å²) < 4.78 is 27.0. The second kappa shape index (κ2) is 9.52. The smallest absolute Gasteiger partial charge is 0.417 e. The average molecular weight is 508 g/mol. The van der Waals surface area contributed by atoms with Crippen LogP contribution in [-0.2, 0) is 9.47 Å². The summed E-state index contributed by atoms with van der Waals surface area (Å²) in [5, 5.41) is 2.88. The highest BCUT2D eigenvalue weighted by Gasteiger charge is 2.36. The Kier molecular flexibility index (Phi) is 5.91. The molecule has 12 heteroatoms. The van der Waals surface area contributed by atoms with E-state index in [2.05, 4.69) is 20.2 Å². The topological polar surface area (TPSA) is 125 Å². The van der Waals surface area contributed by atoms with Gasteiger partial charge in [-0.05, 0) is 30.7 Å². The van der Waals surface area contributed by atoms with Crippen LogP contribution in [0.1, 0.15) is 6.42 Å². The van der Waals surface area contributed by atoms with Crippen LogP contribution in [0.3, 0.4) is 0 Å². The maximum absolute atomic E-state index is 12.6. The van der Waals surface area contributed by atoms with E-state index in [0.29, 0.717) is 42.8 Å². The fourth-order valence-corrected chi connectivity index (χ4v) is 4.69. The number of amides is 2. The van der Waals surface area contributed by atoms with E-state index in [0.717, 1.165) is 29.7 Å². The first kappa shape index (κ1) is 23.0. The lowest BCUT2D eigenvalue weighted by Gasteiger charge is -2.21. The number of anilines is 2. The van der Waals surface area contributed by atoms with Gasteiger partial charge in [0.1, 0.15) is 25.3 Å². The van der Waals surface area contributed by atoms with Crippen LogP contribution in [0.2, 0.25) is 0 Å². The summed E-state index contributed by atoms with van der Waals surface area (Å²) >= 11 is 0. The van der Waals surface area contributed by atoms with E-state index in [4.69, 9.17) is 23.7 Å². The Morgan fingerprint density at radius 2 is 1.97 bits per heavy atom. The summed E-state index contributed by atoms with van der Waals surface area (Å²) in [6.07, 6.45) is 0.181. The highest BCUT2D eigenvalue weighted by Crippen LogP contribution is 2.35. The molecular formula is C25H25N5O7. The Bertz CT molecular complexity index is 1350. The molecule has 3 aliphatic heterocycles. The number of methoxy groups -OCH3 is 1. The third kappa shape index (κ3) is 4.57. The molecule has 0 aliphatic carbocycles. The van der Waals surface area contributed by atoms with E-state index in [9.17, 15) is 9.59 Å².